The van der Waals surface area contributed by atoms with Crippen LogP contribution in [-0.4, -0.2) is 20.7 Å². The zero-order valence-electron chi connectivity index (χ0n) is 9.81. The Hall–Kier alpha value is -1.16. The van der Waals surface area contributed by atoms with Crippen LogP contribution in [0.3, 0.4) is 0 Å². The van der Waals surface area contributed by atoms with E-state index in [1.54, 1.807) is 13.2 Å². The second-order valence-electron chi connectivity index (χ2n) is 3.61. The Morgan fingerprint density at radius 2 is 2.06 bits per heavy atom. The summed E-state index contributed by atoms with van der Waals surface area (Å²) in [5.74, 6) is -2.18. The molecule has 0 atom stereocenters. The highest BCUT2D eigenvalue weighted by Gasteiger charge is 2.30. The third kappa shape index (κ3) is 2.70. The molecule has 0 aliphatic carbocycles. The van der Waals surface area contributed by atoms with Gasteiger partial charge in [-0.3, -0.25) is 0 Å². The molecule has 0 aromatic heterocycles. The van der Waals surface area contributed by atoms with Gasteiger partial charge in [0, 0.05) is 5.56 Å². The smallest absolute Gasteiger partial charge is 0.285 e. The molecule has 0 aliphatic heterocycles. The van der Waals surface area contributed by atoms with Crippen molar-refractivity contribution in [3.8, 4) is 5.75 Å². The first-order valence-electron chi connectivity index (χ1n) is 5.25. The molecule has 0 amide bonds. The van der Waals surface area contributed by atoms with Gasteiger partial charge in [0.2, 0.25) is 0 Å². The van der Waals surface area contributed by atoms with E-state index in [4.69, 9.17) is 4.74 Å². The van der Waals surface area contributed by atoms with Crippen molar-refractivity contribution in [1.82, 2.24) is 5.32 Å². The average molecular weight is 229 g/mol. The largest absolute Gasteiger partial charge is 0.496 e. The highest BCUT2D eigenvalue weighted by atomic mass is 19.3. The van der Waals surface area contributed by atoms with Crippen LogP contribution in [0, 0.1) is 0 Å². The van der Waals surface area contributed by atoms with E-state index < -0.39 is 5.92 Å². The van der Waals surface area contributed by atoms with Crippen molar-refractivity contribution in [1.29, 1.82) is 0 Å². The highest BCUT2D eigenvalue weighted by molar-refractivity contribution is 5.39. The van der Waals surface area contributed by atoms with Crippen molar-refractivity contribution >= 4 is 0 Å². The van der Waals surface area contributed by atoms with Gasteiger partial charge in [0.25, 0.3) is 5.92 Å². The maximum absolute atomic E-state index is 13.6. The van der Waals surface area contributed by atoms with Gasteiger partial charge in [-0.1, -0.05) is 6.92 Å². The number of likely N-dealkylation sites (N-methyl/N-ethyl adjacent to an activating group) is 1. The lowest BCUT2D eigenvalue weighted by molar-refractivity contribution is -0.00135. The van der Waals surface area contributed by atoms with Gasteiger partial charge in [0.1, 0.15) is 5.75 Å². The Kier molecular flexibility index (Phi) is 4.24. The molecule has 0 unspecified atom stereocenters. The summed E-state index contributed by atoms with van der Waals surface area (Å²) in [5.41, 5.74) is 0.829. The van der Waals surface area contributed by atoms with Crippen molar-refractivity contribution in [2.45, 2.75) is 19.3 Å². The number of halogens is 2. The van der Waals surface area contributed by atoms with Crippen LogP contribution in [0.5, 0.6) is 5.75 Å². The number of aryl methyl sites for hydroxylation is 1. The summed E-state index contributed by atoms with van der Waals surface area (Å²) in [7, 11) is 3.05. The third-order valence-corrected chi connectivity index (χ3v) is 2.48. The fraction of sp³-hybridized carbons (Fsp3) is 0.500. The monoisotopic (exact) mass is 229 g/mol. The second-order valence-corrected chi connectivity index (χ2v) is 3.61. The van der Waals surface area contributed by atoms with Crippen LogP contribution in [0.1, 0.15) is 18.1 Å². The molecule has 0 aliphatic rings. The summed E-state index contributed by atoms with van der Waals surface area (Å²) in [6.07, 6.45) is 0.673. The minimum atomic E-state index is -2.84. The van der Waals surface area contributed by atoms with Crippen molar-refractivity contribution in [2.75, 3.05) is 20.7 Å². The number of hydrogen-bond acceptors (Lipinski definition) is 2. The number of alkyl halides is 2. The lowest BCUT2D eigenvalue weighted by atomic mass is 10.0. The fourth-order valence-electron chi connectivity index (χ4n) is 1.61. The zero-order valence-corrected chi connectivity index (χ0v) is 9.81. The molecule has 0 saturated heterocycles. The van der Waals surface area contributed by atoms with Crippen LogP contribution in [0.2, 0.25) is 0 Å². The van der Waals surface area contributed by atoms with E-state index in [-0.39, 0.29) is 12.1 Å². The Morgan fingerprint density at radius 1 is 1.38 bits per heavy atom. The number of hydrogen-bond donors (Lipinski definition) is 1. The van der Waals surface area contributed by atoms with Crippen molar-refractivity contribution < 1.29 is 13.5 Å². The Bertz CT molecular complexity index is 353. The first-order chi connectivity index (χ1) is 7.55. The molecule has 1 aromatic carbocycles. The van der Waals surface area contributed by atoms with Gasteiger partial charge in [-0.05, 0) is 37.2 Å². The average Bonchev–Trinajstić information content (AvgIpc) is 2.28. The van der Waals surface area contributed by atoms with Crippen LogP contribution in [-0.2, 0) is 12.3 Å². The van der Waals surface area contributed by atoms with Gasteiger partial charge >= 0.3 is 0 Å². The minimum Gasteiger partial charge on any atom is -0.496 e. The van der Waals surface area contributed by atoms with Gasteiger partial charge in [0.05, 0.1) is 13.7 Å². The van der Waals surface area contributed by atoms with Crippen LogP contribution >= 0.6 is 0 Å². The lowest BCUT2D eigenvalue weighted by Crippen LogP contribution is -2.28. The molecular formula is C12H17F2NO. The quantitative estimate of drug-likeness (QED) is 0.837. The zero-order chi connectivity index (χ0) is 12.2. The van der Waals surface area contributed by atoms with Crippen LogP contribution in [0.4, 0.5) is 8.78 Å². The minimum absolute atomic E-state index is 0.0273. The SMILES string of the molecule is CCc1cc(C(F)(F)CNC)ccc1OC. The van der Waals surface area contributed by atoms with Crippen LogP contribution in [0.15, 0.2) is 18.2 Å². The standard InChI is InChI=1S/C12H17F2NO/c1-4-9-7-10(5-6-11(9)16-3)12(13,14)8-15-2/h5-7,15H,4,8H2,1-3H3. The Labute approximate surface area is 94.6 Å². The van der Waals surface area contributed by atoms with Crippen LogP contribution in [0.25, 0.3) is 0 Å². The molecule has 0 saturated carbocycles. The predicted octanol–water partition coefficient (Wildman–Crippen LogP) is 2.57. The molecule has 0 bridgehead atoms. The molecular weight excluding hydrogens is 212 g/mol. The molecule has 16 heavy (non-hydrogen) atoms. The maximum atomic E-state index is 13.6. The molecule has 0 radical (unpaired) electrons. The summed E-state index contributed by atoms with van der Waals surface area (Å²) >= 11 is 0. The van der Waals surface area contributed by atoms with Crippen molar-refractivity contribution in [2.24, 2.45) is 0 Å². The van der Waals surface area contributed by atoms with Crippen molar-refractivity contribution in [3.05, 3.63) is 29.3 Å². The number of ether oxygens (including phenoxy) is 1. The number of nitrogens with one attached hydrogen (secondary N) is 1. The summed E-state index contributed by atoms with van der Waals surface area (Å²) in [6.45, 7) is 1.56. The molecule has 0 heterocycles. The number of methoxy groups -OCH3 is 1. The molecule has 90 valence electrons. The maximum Gasteiger partial charge on any atom is 0.285 e. The summed E-state index contributed by atoms with van der Waals surface area (Å²) in [6, 6.07) is 4.52. The molecule has 1 N–H and O–H groups in total. The molecule has 0 fully saturated rings. The first-order valence-corrected chi connectivity index (χ1v) is 5.25. The van der Waals surface area contributed by atoms with E-state index in [2.05, 4.69) is 5.32 Å². The van der Waals surface area contributed by atoms with Gasteiger partial charge in [0.15, 0.2) is 0 Å². The summed E-state index contributed by atoms with van der Waals surface area (Å²) in [5, 5.41) is 2.49. The van der Waals surface area contributed by atoms with Gasteiger partial charge < -0.3 is 10.1 Å². The predicted molar refractivity (Wildman–Crippen MR) is 60.2 cm³/mol. The van der Waals surface area contributed by atoms with E-state index >= 15 is 0 Å². The molecule has 1 rings (SSSR count). The Balaban J connectivity index is 3.07. The van der Waals surface area contributed by atoms with E-state index in [0.717, 1.165) is 5.56 Å². The highest BCUT2D eigenvalue weighted by Crippen LogP contribution is 2.31. The molecule has 1 aromatic rings. The van der Waals surface area contributed by atoms with Gasteiger partial charge in [-0.2, -0.15) is 8.78 Å². The van der Waals surface area contributed by atoms with Crippen molar-refractivity contribution in [3.63, 3.8) is 0 Å². The molecule has 4 heteroatoms. The van der Waals surface area contributed by atoms with E-state index in [1.165, 1.54) is 19.2 Å². The Morgan fingerprint density at radius 3 is 2.56 bits per heavy atom. The normalized spacial score (nSPS) is 11.6. The molecule has 0 spiro atoms. The second kappa shape index (κ2) is 5.25. The fourth-order valence-corrected chi connectivity index (χ4v) is 1.61. The van der Waals surface area contributed by atoms with E-state index in [9.17, 15) is 8.78 Å². The first kappa shape index (κ1) is 12.9. The third-order valence-electron chi connectivity index (χ3n) is 2.48. The van der Waals surface area contributed by atoms with E-state index in [1.807, 2.05) is 6.92 Å². The van der Waals surface area contributed by atoms with Gasteiger partial charge in [-0.15, -0.1) is 0 Å². The topological polar surface area (TPSA) is 21.3 Å². The summed E-state index contributed by atoms with van der Waals surface area (Å²) < 4.78 is 32.3. The molecule has 2 nitrogen and oxygen atoms in total. The van der Waals surface area contributed by atoms with E-state index in [0.29, 0.717) is 12.2 Å². The summed E-state index contributed by atoms with van der Waals surface area (Å²) in [4.78, 5) is 0. The lowest BCUT2D eigenvalue weighted by Gasteiger charge is -2.18. The number of benzene rings is 1. The van der Waals surface area contributed by atoms with Gasteiger partial charge in [-0.25, -0.2) is 0 Å². The van der Waals surface area contributed by atoms with Crippen LogP contribution < -0.4 is 10.1 Å². The number of rotatable bonds is 5.